The van der Waals surface area contributed by atoms with Gasteiger partial charge < -0.3 is 18.9 Å². The van der Waals surface area contributed by atoms with Crippen LogP contribution in [-0.2, 0) is 27.3 Å². The van der Waals surface area contributed by atoms with Gasteiger partial charge in [0.1, 0.15) is 18.2 Å². The van der Waals surface area contributed by atoms with Crippen LogP contribution in [0.1, 0.15) is 36.6 Å². The number of hydrogen-bond acceptors (Lipinski definition) is 6. The summed E-state index contributed by atoms with van der Waals surface area (Å²) in [6.45, 7) is 3.97. The van der Waals surface area contributed by atoms with Crippen molar-refractivity contribution >= 4 is 12.1 Å². The zero-order valence-corrected chi connectivity index (χ0v) is 19.0. The van der Waals surface area contributed by atoms with Crippen molar-refractivity contribution in [2.45, 2.75) is 32.9 Å². The molecule has 2 aromatic carbocycles. The van der Waals surface area contributed by atoms with Crippen molar-refractivity contribution in [1.29, 1.82) is 0 Å². The Bertz CT molecular complexity index is 1030. The summed E-state index contributed by atoms with van der Waals surface area (Å²) < 4.78 is 49.2. The van der Waals surface area contributed by atoms with Gasteiger partial charge in [0.05, 0.1) is 26.4 Å². The van der Waals surface area contributed by atoms with Crippen LogP contribution in [0.15, 0.2) is 30.3 Å². The summed E-state index contributed by atoms with van der Waals surface area (Å²) in [5.74, 6) is -1.71. The summed E-state index contributed by atoms with van der Waals surface area (Å²) in [5.41, 5.74) is 1.10. The van der Waals surface area contributed by atoms with E-state index in [1.54, 1.807) is 18.2 Å². The van der Waals surface area contributed by atoms with Gasteiger partial charge in [-0.2, -0.15) is 0 Å². The highest BCUT2D eigenvalue weighted by Gasteiger charge is 2.38. The fourth-order valence-corrected chi connectivity index (χ4v) is 3.60. The number of fused-ring (bicyclic) bond motifs is 1. The zero-order chi connectivity index (χ0) is 24.1. The number of esters is 1. The van der Waals surface area contributed by atoms with Crippen LogP contribution in [0.25, 0.3) is 0 Å². The fraction of sp³-hybridized carbons (Fsp3) is 0.417. The van der Waals surface area contributed by atoms with Crippen LogP contribution < -0.4 is 9.47 Å². The zero-order valence-electron chi connectivity index (χ0n) is 19.0. The lowest BCUT2D eigenvalue weighted by Crippen LogP contribution is -2.44. The van der Waals surface area contributed by atoms with Crippen LogP contribution in [0.2, 0.25) is 0 Å². The molecule has 2 aromatic rings. The molecule has 0 aliphatic carbocycles. The summed E-state index contributed by atoms with van der Waals surface area (Å²) in [6, 6.07) is 6.28. The van der Waals surface area contributed by atoms with Crippen molar-refractivity contribution in [2.24, 2.45) is 5.92 Å². The third-order valence-electron chi connectivity index (χ3n) is 5.30. The highest BCUT2D eigenvalue weighted by Crippen LogP contribution is 2.34. The first-order valence-electron chi connectivity index (χ1n) is 10.5. The summed E-state index contributed by atoms with van der Waals surface area (Å²) >= 11 is 0. The molecule has 0 fully saturated rings. The third-order valence-corrected chi connectivity index (χ3v) is 5.30. The van der Waals surface area contributed by atoms with E-state index in [1.807, 2.05) is 13.8 Å². The van der Waals surface area contributed by atoms with Gasteiger partial charge in [0, 0.05) is 6.54 Å². The summed E-state index contributed by atoms with van der Waals surface area (Å²) in [4.78, 5) is 26.4. The minimum Gasteiger partial charge on any atom is -0.494 e. The quantitative estimate of drug-likeness (QED) is 0.566. The number of carbonyl (C=O) groups is 2. The minimum atomic E-state index is -0.958. The Hall–Kier alpha value is -3.36. The van der Waals surface area contributed by atoms with Gasteiger partial charge in [-0.05, 0) is 47.7 Å². The Balaban J connectivity index is 1.81. The van der Waals surface area contributed by atoms with Crippen molar-refractivity contribution < 1.29 is 37.3 Å². The maximum absolute atomic E-state index is 14.4. The van der Waals surface area contributed by atoms with Gasteiger partial charge in [-0.25, -0.2) is 18.4 Å². The monoisotopic (exact) mass is 463 g/mol. The van der Waals surface area contributed by atoms with Crippen molar-refractivity contribution in [3.63, 3.8) is 0 Å². The van der Waals surface area contributed by atoms with Gasteiger partial charge in [-0.1, -0.05) is 19.9 Å². The molecule has 0 N–H and O–H groups in total. The Kier molecular flexibility index (Phi) is 7.73. The molecule has 7 nitrogen and oxygen atoms in total. The van der Waals surface area contributed by atoms with Crippen LogP contribution in [0, 0.1) is 17.6 Å². The fourth-order valence-electron chi connectivity index (χ4n) is 3.60. The Morgan fingerprint density at radius 1 is 1.15 bits per heavy atom. The lowest BCUT2D eigenvalue weighted by atomic mass is 9.92. The standard InChI is InChI=1S/C24H27F2NO6/c1-14(2)12-33-24(29)27-10-9-15-11-16(5-6-17(15)22(27)23(28)31-4)32-13-18-19(25)7-8-20(30-3)21(18)26/h5-8,11,14,22H,9-10,12-13H2,1-4H3. The van der Waals surface area contributed by atoms with Gasteiger partial charge >= 0.3 is 12.1 Å². The topological polar surface area (TPSA) is 74.3 Å². The van der Waals surface area contributed by atoms with Gasteiger partial charge in [0.25, 0.3) is 0 Å². The first-order chi connectivity index (χ1) is 15.8. The number of carbonyl (C=O) groups excluding carboxylic acids is 2. The molecule has 178 valence electrons. The van der Waals surface area contributed by atoms with Crippen molar-refractivity contribution in [3.05, 3.63) is 58.7 Å². The van der Waals surface area contributed by atoms with Gasteiger partial charge in [0.2, 0.25) is 0 Å². The van der Waals surface area contributed by atoms with Gasteiger partial charge in [0.15, 0.2) is 17.6 Å². The van der Waals surface area contributed by atoms with Gasteiger partial charge in [-0.3, -0.25) is 4.90 Å². The Labute approximate surface area is 191 Å². The Morgan fingerprint density at radius 2 is 1.91 bits per heavy atom. The molecule has 0 bridgehead atoms. The number of nitrogens with zero attached hydrogens (tertiary/aromatic N) is 1. The molecule has 1 amide bonds. The average molecular weight is 463 g/mol. The second-order valence-corrected chi connectivity index (χ2v) is 8.03. The molecular weight excluding hydrogens is 436 g/mol. The number of ether oxygens (including phenoxy) is 4. The number of hydrogen-bond donors (Lipinski definition) is 0. The normalized spacial score (nSPS) is 15.1. The number of rotatable bonds is 7. The van der Waals surface area contributed by atoms with Crippen LogP contribution >= 0.6 is 0 Å². The smallest absolute Gasteiger partial charge is 0.410 e. The van der Waals surface area contributed by atoms with E-state index >= 15 is 0 Å². The molecule has 33 heavy (non-hydrogen) atoms. The van der Waals surface area contributed by atoms with Crippen LogP contribution in [0.5, 0.6) is 11.5 Å². The maximum atomic E-state index is 14.4. The van der Waals surface area contributed by atoms with Crippen molar-refractivity contribution in [1.82, 2.24) is 4.90 Å². The minimum absolute atomic E-state index is 0.0780. The second kappa shape index (κ2) is 10.5. The highest BCUT2D eigenvalue weighted by atomic mass is 19.1. The number of methoxy groups -OCH3 is 2. The molecule has 0 aromatic heterocycles. The van der Waals surface area contributed by atoms with Crippen LogP contribution in [0.3, 0.4) is 0 Å². The van der Waals surface area contributed by atoms with Crippen molar-refractivity contribution in [3.8, 4) is 11.5 Å². The van der Waals surface area contributed by atoms with Crippen LogP contribution in [0.4, 0.5) is 13.6 Å². The number of halogens is 2. The molecule has 1 atom stereocenters. The average Bonchev–Trinajstić information content (AvgIpc) is 2.81. The lowest BCUT2D eigenvalue weighted by molar-refractivity contribution is -0.147. The SMILES string of the molecule is COC(=O)C1c2ccc(OCc3c(F)ccc(OC)c3F)cc2CCN1C(=O)OCC(C)C. The molecule has 0 saturated carbocycles. The van der Waals surface area contributed by atoms with E-state index in [1.165, 1.54) is 25.2 Å². The molecule has 1 heterocycles. The molecule has 0 spiro atoms. The van der Waals surface area contributed by atoms with E-state index in [9.17, 15) is 18.4 Å². The lowest BCUT2D eigenvalue weighted by Gasteiger charge is -2.35. The van der Waals surface area contributed by atoms with E-state index in [0.29, 0.717) is 17.7 Å². The molecular formula is C24H27F2NO6. The molecule has 1 aliphatic rings. The molecule has 3 rings (SSSR count). The molecule has 0 saturated heterocycles. The molecule has 1 unspecified atom stereocenters. The van der Waals surface area contributed by atoms with E-state index in [0.717, 1.165) is 11.6 Å². The van der Waals surface area contributed by atoms with E-state index in [2.05, 4.69) is 0 Å². The summed E-state index contributed by atoms with van der Waals surface area (Å²) in [6.07, 6.45) is -0.146. The van der Waals surface area contributed by atoms with Crippen LogP contribution in [-0.4, -0.2) is 44.3 Å². The predicted molar refractivity (Wildman–Crippen MR) is 115 cm³/mol. The second-order valence-electron chi connectivity index (χ2n) is 8.03. The van der Waals surface area contributed by atoms with E-state index in [-0.39, 0.29) is 37.0 Å². The number of amides is 1. The predicted octanol–water partition coefficient (Wildman–Crippen LogP) is 4.42. The summed E-state index contributed by atoms with van der Waals surface area (Å²) in [7, 11) is 2.55. The van der Waals surface area contributed by atoms with Gasteiger partial charge in [-0.15, -0.1) is 0 Å². The Morgan fingerprint density at radius 3 is 2.58 bits per heavy atom. The van der Waals surface area contributed by atoms with E-state index in [4.69, 9.17) is 18.9 Å². The maximum Gasteiger partial charge on any atom is 0.410 e. The van der Waals surface area contributed by atoms with Crippen molar-refractivity contribution in [2.75, 3.05) is 27.4 Å². The first kappa shape index (κ1) is 24.3. The largest absolute Gasteiger partial charge is 0.494 e. The number of benzene rings is 2. The van der Waals surface area contributed by atoms with E-state index < -0.39 is 29.7 Å². The first-order valence-corrected chi connectivity index (χ1v) is 10.5. The summed E-state index contributed by atoms with van der Waals surface area (Å²) in [5, 5.41) is 0. The third kappa shape index (κ3) is 5.35. The molecule has 1 aliphatic heterocycles. The molecule has 0 radical (unpaired) electrons. The molecule has 9 heteroatoms. The highest BCUT2D eigenvalue weighted by molar-refractivity contribution is 5.84.